The van der Waals surface area contributed by atoms with Crippen molar-refractivity contribution in [2.45, 2.75) is 42.2 Å². The van der Waals surface area contributed by atoms with Gasteiger partial charge >= 0.3 is 0 Å². The highest BCUT2D eigenvalue weighted by Gasteiger charge is 2.44. The average Bonchev–Trinajstić information content (AvgIpc) is 3.40. The monoisotopic (exact) mass is 429 g/mol. The number of nitrogen functional groups attached to an aromatic ring is 1. The van der Waals surface area contributed by atoms with Crippen molar-refractivity contribution in [2.75, 3.05) is 37.7 Å². The number of anilines is 1. The fourth-order valence-corrected chi connectivity index (χ4v) is 6.11. The van der Waals surface area contributed by atoms with Crippen LogP contribution in [0.4, 0.5) is 5.13 Å². The number of aliphatic hydroxyl groups is 1. The second-order valence-corrected chi connectivity index (χ2v) is 9.70. The molecule has 0 aromatic carbocycles. The number of likely N-dealkylation sites (tertiary alicyclic amines) is 2. The summed E-state index contributed by atoms with van der Waals surface area (Å²) in [6.45, 7) is 3.60. The van der Waals surface area contributed by atoms with E-state index in [0.29, 0.717) is 22.7 Å². The largest absolute Gasteiger partial charge is 0.483 e. The minimum atomic E-state index is -0.250. The van der Waals surface area contributed by atoms with Crippen LogP contribution < -0.4 is 5.73 Å². The van der Waals surface area contributed by atoms with Gasteiger partial charge in [-0.3, -0.25) is 14.5 Å². The molecule has 3 heterocycles. The van der Waals surface area contributed by atoms with Crippen molar-refractivity contribution in [1.29, 1.82) is 0 Å². The van der Waals surface area contributed by atoms with Crippen molar-refractivity contribution < 1.29 is 19.8 Å². The van der Waals surface area contributed by atoms with E-state index in [-0.39, 0.29) is 24.5 Å². The van der Waals surface area contributed by atoms with Crippen LogP contribution >= 0.6 is 23.1 Å². The first kappa shape index (κ1) is 21.3. The quantitative estimate of drug-likeness (QED) is 0.465. The molecule has 1 amide bonds. The van der Waals surface area contributed by atoms with Gasteiger partial charge in [0.05, 0.1) is 11.9 Å². The van der Waals surface area contributed by atoms with E-state index >= 15 is 0 Å². The minimum absolute atomic E-state index is 0.153. The maximum Gasteiger partial charge on any atom is 0.290 e. The molecule has 28 heavy (non-hydrogen) atoms. The Morgan fingerprint density at radius 2 is 1.89 bits per heavy atom. The number of nitrogens with two attached hydrogens (primary N) is 1. The highest BCUT2D eigenvalue weighted by atomic mass is 32.2. The van der Waals surface area contributed by atoms with E-state index in [9.17, 15) is 9.90 Å². The van der Waals surface area contributed by atoms with E-state index in [0.717, 1.165) is 43.4 Å². The number of hydrogen-bond donors (Lipinski definition) is 3. The Morgan fingerprint density at radius 3 is 2.50 bits per heavy atom. The van der Waals surface area contributed by atoms with Crippen molar-refractivity contribution >= 4 is 40.6 Å². The van der Waals surface area contributed by atoms with Gasteiger partial charge in [0.1, 0.15) is 0 Å². The predicted molar refractivity (Wildman–Crippen MR) is 107 cm³/mol. The molecule has 0 unspecified atom stereocenters. The smallest absolute Gasteiger partial charge is 0.290 e. The molecule has 1 saturated carbocycles. The van der Waals surface area contributed by atoms with Gasteiger partial charge in [0, 0.05) is 19.1 Å². The van der Waals surface area contributed by atoms with E-state index in [1.807, 2.05) is 4.90 Å². The molecule has 0 spiro atoms. The summed E-state index contributed by atoms with van der Waals surface area (Å²) in [5, 5.41) is 25.6. The number of aliphatic hydroxyl groups excluding tert-OH is 1. The normalized spacial score (nSPS) is 29.8. The van der Waals surface area contributed by atoms with E-state index in [1.54, 1.807) is 0 Å². The van der Waals surface area contributed by atoms with Crippen molar-refractivity contribution in [3.05, 3.63) is 0 Å². The van der Waals surface area contributed by atoms with Gasteiger partial charge in [-0.05, 0) is 50.6 Å². The number of carbonyl (C=O) groups is 2. The molecule has 0 radical (unpaired) electrons. The summed E-state index contributed by atoms with van der Waals surface area (Å²) in [5.74, 6) is 1.51. The summed E-state index contributed by atoms with van der Waals surface area (Å²) >= 11 is 2.72. The molecule has 2 saturated heterocycles. The van der Waals surface area contributed by atoms with Crippen LogP contribution in [0.3, 0.4) is 0 Å². The van der Waals surface area contributed by atoms with Crippen LogP contribution in [-0.4, -0.2) is 86.7 Å². The van der Waals surface area contributed by atoms with Crippen LogP contribution in [-0.2, 0) is 9.59 Å². The lowest BCUT2D eigenvalue weighted by Crippen LogP contribution is -2.48. The molecule has 0 bridgehead atoms. The zero-order valence-electron chi connectivity index (χ0n) is 15.6. The Hall–Kier alpha value is -1.43. The number of amides is 1. The summed E-state index contributed by atoms with van der Waals surface area (Å²) in [6, 6.07) is 0.289. The second-order valence-electron chi connectivity index (χ2n) is 7.47. The number of thioether (sulfide) groups is 1. The highest BCUT2D eigenvalue weighted by molar-refractivity contribution is 8.01. The summed E-state index contributed by atoms with van der Waals surface area (Å²) in [5.41, 5.74) is 5.57. The zero-order chi connectivity index (χ0) is 20.1. The molecule has 2 aliphatic heterocycles. The molecular formula is C17H27N5O4S2. The molecule has 11 heteroatoms. The Kier molecular flexibility index (Phi) is 7.49. The lowest BCUT2D eigenvalue weighted by atomic mass is 9.77. The first-order valence-electron chi connectivity index (χ1n) is 9.51. The van der Waals surface area contributed by atoms with Crippen molar-refractivity contribution in [2.24, 2.45) is 11.8 Å². The average molecular weight is 430 g/mol. The maximum absolute atomic E-state index is 12.5. The summed E-state index contributed by atoms with van der Waals surface area (Å²) in [6.07, 6.45) is 4.10. The van der Waals surface area contributed by atoms with Gasteiger partial charge in [-0.1, -0.05) is 23.1 Å². The van der Waals surface area contributed by atoms with E-state index < -0.39 is 0 Å². The van der Waals surface area contributed by atoms with Gasteiger partial charge in [0.2, 0.25) is 11.0 Å². The van der Waals surface area contributed by atoms with Crippen LogP contribution in [0.2, 0.25) is 0 Å². The molecule has 1 aromatic heterocycles. The minimum Gasteiger partial charge on any atom is -0.483 e. The van der Waals surface area contributed by atoms with Gasteiger partial charge in [-0.15, -0.1) is 10.2 Å². The maximum atomic E-state index is 12.5. The van der Waals surface area contributed by atoms with Gasteiger partial charge in [0.25, 0.3) is 6.47 Å². The molecule has 1 aromatic rings. The Labute approximate surface area is 172 Å². The third kappa shape index (κ3) is 5.13. The molecule has 9 nitrogen and oxygen atoms in total. The van der Waals surface area contributed by atoms with Crippen molar-refractivity contribution in [3.8, 4) is 0 Å². The number of carbonyl (C=O) groups excluding carboxylic acids is 1. The third-order valence-corrected chi connectivity index (χ3v) is 7.68. The van der Waals surface area contributed by atoms with Crippen LogP contribution in [0.15, 0.2) is 4.34 Å². The second kappa shape index (κ2) is 9.86. The van der Waals surface area contributed by atoms with Crippen LogP contribution in [0, 0.1) is 11.8 Å². The molecule has 156 valence electrons. The van der Waals surface area contributed by atoms with Crippen molar-refractivity contribution in [1.82, 2.24) is 20.0 Å². The highest BCUT2D eigenvalue weighted by Crippen LogP contribution is 2.39. The Morgan fingerprint density at radius 1 is 1.25 bits per heavy atom. The Bertz CT molecular complexity index is 670. The number of rotatable bonds is 4. The SMILES string of the molecule is Nc1nnc(SCC(=O)N2C[C@H]3C[C@@H](N4CCCC4)[C@H](O)C[C@H]3C2)s1.O=CO. The van der Waals surface area contributed by atoms with E-state index in [4.69, 9.17) is 15.6 Å². The predicted octanol–water partition coefficient (Wildman–Crippen LogP) is 0.607. The fourth-order valence-electron chi connectivity index (χ4n) is 4.57. The Balaban J connectivity index is 0.000000706. The van der Waals surface area contributed by atoms with E-state index in [2.05, 4.69) is 15.1 Å². The zero-order valence-corrected chi connectivity index (χ0v) is 17.3. The van der Waals surface area contributed by atoms with Gasteiger partial charge in [0.15, 0.2) is 4.34 Å². The van der Waals surface area contributed by atoms with Gasteiger partial charge in [-0.2, -0.15) is 0 Å². The molecule has 4 atom stereocenters. The number of hydrogen-bond acceptors (Lipinski definition) is 9. The third-order valence-electron chi connectivity index (χ3n) is 5.81. The first-order chi connectivity index (χ1) is 13.5. The lowest BCUT2D eigenvalue weighted by molar-refractivity contribution is -0.127. The molecule has 3 aliphatic rings. The summed E-state index contributed by atoms with van der Waals surface area (Å²) < 4.78 is 0.743. The molecule has 4 rings (SSSR count). The molecule has 1 aliphatic carbocycles. The van der Waals surface area contributed by atoms with Gasteiger partial charge in [-0.25, -0.2) is 0 Å². The molecular weight excluding hydrogens is 402 g/mol. The number of carboxylic acid groups (broad SMARTS) is 1. The summed E-state index contributed by atoms with van der Waals surface area (Å²) in [7, 11) is 0. The standard InChI is InChI=1S/C16H25N5O2S2.CH2O2/c17-15-18-19-16(25-15)24-9-14(23)21-7-10-5-12(20-3-1-2-4-20)13(22)6-11(10)8-21;2-1-3/h10-13,22H,1-9H2,(H2,17,18);1H,(H,2,3)/t10-,11+,12-,13-;/m1./s1. The molecule has 3 fully saturated rings. The number of fused-ring (bicyclic) bond motifs is 1. The summed E-state index contributed by atoms with van der Waals surface area (Å²) in [4.78, 5) is 25.3. The van der Waals surface area contributed by atoms with Crippen LogP contribution in [0.5, 0.6) is 0 Å². The topological polar surface area (TPSA) is 133 Å². The number of aromatic nitrogens is 2. The van der Waals surface area contributed by atoms with Gasteiger partial charge < -0.3 is 20.8 Å². The first-order valence-corrected chi connectivity index (χ1v) is 11.3. The van der Waals surface area contributed by atoms with E-state index in [1.165, 1.54) is 35.9 Å². The van der Waals surface area contributed by atoms with Crippen LogP contribution in [0.25, 0.3) is 0 Å². The lowest BCUT2D eigenvalue weighted by Gasteiger charge is -2.40. The van der Waals surface area contributed by atoms with Crippen molar-refractivity contribution in [3.63, 3.8) is 0 Å². The molecule has 4 N–H and O–H groups in total. The van der Waals surface area contributed by atoms with Crippen LogP contribution in [0.1, 0.15) is 25.7 Å². The fraction of sp³-hybridized carbons (Fsp3) is 0.765. The number of nitrogens with zero attached hydrogens (tertiary/aromatic N) is 4.